The van der Waals surface area contributed by atoms with E-state index in [0.29, 0.717) is 0 Å². The molecule has 2 nitrogen and oxygen atoms in total. The molecule has 2 aromatic rings. The number of halogens is 1. The van der Waals surface area contributed by atoms with E-state index in [1.165, 1.54) is 11.3 Å². The molecule has 1 N–H and O–H groups in total. The second kappa shape index (κ2) is 4.55. The van der Waals surface area contributed by atoms with Crippen molar-refractivity contribution in [3.63, 3.8) is 0 Å². The third-order valence-electron chi connectivity index (χ3n) is 2.69. The predicted molar refractivity (Wildman–Crippen MR) is 72.8 cm³/mol. The van der Waals surface area contributed by atoms with E-state index in [9.17, 15) is 0 Å². The summed E-state index contributed by atoms with van der Waals surface area (Å²) in [7, 11) is 0. The van der Waals surface area contributed by atoms with E-state index in [4.69, 9.17) is 12.2 Å². The standard InChI is InChI=1S/C12H13BrN2S/c1-3-9-7-14-12(16)15(9)11-6-4-5-10(13)8(11)2/h4-7H,3H2,1-2H3,(H,14,16). The Morgan fingerprint density at radius 3 is 2.88 bits per heavy atom. The van der Waals surface area contributed by atoms with Crippen LogP contribution in [0.15, 0.2) is 28.9 Å². The molecule has 0 aliphatic rings. The second-order valence-corrected chi connectivity index (χ2v) is 4.90. The number of aromatic nitrogens is 2. The molecule has 0 atom stereocenters. The van der Waals surface area contributed by atoms with E-state index in [1.54, 1.807) is 0 Å². The van der Waals surface area contributed by atoms with E-state index in [-0.39, 0.29) is 0 Å². The summed E-state index contributed by atoms with van der Waals surface area (Å²) in [4.78, 5) is 3.10. The van der Waals surface area contributed by atoms with Gasteiger partial charge in [-0.05, 0) is 43.3 Å². The minimum atomic E-state index is 0.748. The Hall–Kier alpha value is -0.870. The summed E-state index contributed by atoms with van der Waals surface area (Å²) < 4.78 is 3.95. The maximum atomic E-state index is 5.32. The van der Waals surface area contributed by atoms with Gasteiger partial charge in [0.2, 0.25) is 0 Å². The van der Waals surface area contributed by atoms with Crippen LogP contribution in [-0.4, -0.2) is 9.55 Å². The maximum absolute atomic E-state index is 5.32. The van der Waals surface area contributed by atoms with E-state index < -0.39 is 0 Å². The lowest BCUT2D eigenvalue weighted by atomic mass is 10.2. The van der Waals surface area contributed by atoms with Crippen molar-refractivity contribution in [1.29, 1.82) is 0 Å². The van der Waals surface area contributed by atoms with E-state index in [1.807, 2.05) is 18.3 Å². The quantitative estimate of drug-likeness (QED) is 0.825. The van der Waals surface area contributed by atoms with Crippen LogP contribution in [0.4, 0.5) is 0 Å². The molecule has 0 aliphatic heterocycles. The first-order valence-electron chi connectivity index (χ1n) is 5.20. The fourth-order valence-corrected chi connectivity index (χ4v) is 2.40. The normalized spacial score (nSPS) is 10.7. The van der Waals surface area contributed by atoms with Gasteiger partial charge in [-0.1, -0.05) is 28.9 Å². The number of imidazole rings is 1. The number of hydrogen-bond acceptors (Lipinski definition) is 1. The number of hydrogen-bond donors (Lipinski definition) is 1. The molecule has 0 saturated carbocycles. The minimum absolute atomic E-state index is 0.748. The van der Waals surface area contributed by atoms with Gasteiger partial charge >= 0.3 is 0 Å². The average Bonchev–Trinajstić information content (AvgIpc) is 2.64. The molecule has 0 spiro atoms. The highest BCUT2D eigenvalue weighted by atomic mass is 79.9. The lowest BCUT2D eigenvalue weighted by Gasteiger charge is -2.11. The van der Waals surface area contributed by atoms with Crippen molar-refractivity contribution >= 4 is 28.1 Å². The Kier molecular flexibility index (Phi) is 3.30. The minimum Gasteiger partial charge on any atom is -0.337 e. The van der Waals surface area contributed by atoms with Gasteiger partial charge in [0.1, 0.15) is 0 Å². The van der Waals surface area contributed by atoms with Crippen molar-refractivity contribution in [3.8, 4) is 5.69 Å². The molecule has 0 fully saturated rings. The van der Waals surface area contributed by atoms with Gasteiger partial charge in [-0.2, -0.15) is 0 Å². The third-order valence-corrected chi connectivity index (χ3v) is 3.85. The van der Waals surface area contributed by atoms with E-state index in [0.717, 1.165) is 21.4 Å². The molecule has 16 heavy (non-hydrogen) atoms. The highest BCUT2D eigenvalue weighted by Gasteiger charge is 2.08. The number of benzene rings is 1. The summed E-state index contributed by atoms with van der Waals surface area (Å²) in [5.74, 6) is 0. The first-order valence-corrected chi connectivity index (χ1v) is 6.40. The van der Waals surface area contributed by atoms with Crippen LogP contribution >= 0.6 is 28.1 Å². The van der Waals surface area contributed by atoms with Crippen molar-refractivity contribution in [2.24, 2.45) is 0 Å². The Bertz CT molecular complexity index is 569. The van der Waals surface area contributed by atoms with Crippen LogP contribution in [0, 0.1) is 11.7 Å². The van der Waals surface area contributed by atoms with Crippen LogP contribution in [0.5, 0.6) is 0 Å². The van der Waals surface area contributed by atoms with Gasteiger partial charge in [0.05, 0.1) is 5.69 Å². The molecular formula is C12H13BrN2S. The van der Waals surface area contributed by atoms with Gasteiger partial charge in [-0.15, -0.1) is 0 Å². The van der Waals surface area contributed by atoms with Crippen molar-refractivity contribution in [2.75, 3.05) is 0 Å². The molecule has 0 bridgehead atoms. The van der Waals surface area contributed by atoms with E-state index >= 15 is 0 Å². The molecule has 1 heterocycles. The molecule has 84 valence electrons. The van der Waals surface area contributed by atoms with Gasteiger partial charge in [-0.25, -0.2) is 0 Å². The van der Waals surface area contributed by atoms with Gasteiger partial charge < -0.3 is 4.98 Å². The Balaban J connectivity index is 2.72. The highest BCUT2D eigenvalue weighted by Crippen LogP contribution is 2.24. The number of rotatable bonds is 2. The molecule has 0 saturated heterocycles. The van der Waals surface area contributed by atoms with Crippen LogP contribution in [0.1, 0.15) is 18.2 Å². The largest absolute Gasteiger partial charge is 0.337 e. The van der Waals surface area contributed by atoms with Gasteiger partial charge in [-0.3, -0.25) is 4.57 Å². The fourth-order valence-electron chi connectivity index (χ4n) is 1.77. The Morgan fingerprint density at radius 1 is 1.44 bits per heavy atom. The number of nitrogens with one attached hydrogen (secondary N) is 1. The van der Waals surface area contributed by atoms with Crippen LogP contribution in [-0.2, 0) is 6.42 Å². The van der Waals surface area contributed by atoms with Crippen LogP contribution in [0.3, 0.4) is 0 Å². The van der Waals surface area contributed by atoms with Gasteiger partial charge in [0.25, 0.3) is 0 Å². The first kappa shape index (κ1) is 11.6. The lowest BCUT2D eigenvalue weighted by molar-refractivity contribution is 0.913. The number of aryl methyl sites for hydroxylation is 1. The number of aromatic amines is 1. The molecule has 4 heteroatoms. The van der Waals surface area contributed by atoms with Crippen LogP contribution < -0.4 is 0 Å². The van der Waals surface area contributed by atoms with Gasteiger partial charge in [0, 0.05) is 16.4 Å². The summed E-state index contributed by atoms with van der Waals surface area (Å²) in [6, 6.07) is 6.16. The zero-order valence-electron chi connectivity index (χ0n) is 9.25. The molecule has 1 aromatic carbocycles. The molecule has 0 unspecified atom stereocenters. The fraction of sp³-hybridized carbons (Fsp3) is 0.250. The smallest absolute Gasteiger partial charge is 0.182 e. The Morgan fingerprint density at radius 2 is 2.19 bits per heavy atom. The summed E-state index contributed by atoms with van der Waals surface area (Å²) in [6.07, 6.45) is 2.93. The summed E-state index contributed by atoms with van der Waals surface area (Å²) >= 11 is 8.86. The number of nitrogens with zero attached hydrogens (tertiary/aromatic N) is 1. The molecule has 2 rings (SSSR count). The molecular weight excluding hydrogens is 284 g/mol. The monoisotopic (exact) mass is 296 g/mol. The molecule has 0 aliphatic carbocycles. The predicted octanol–water partition coefficient (Wildman–Crippen LogP) is 4.17. The summed E-state index contributed by atoms with van der Waals surface area (Å²) in [5, 5.41) is 0. The summed E-state index contributed by atoms with van der Waals surface area (Å²) in [5.41, 5.74) is 3.54. The summed E-state index contributed by atoms with van der Waals surface area (Å²) in [6.45, 7) is 4.22. The SMILES string of the molecule is CCc1c[nH]c(=S)n1-c1cccc(Br)c1C. The highest BCUT2D eigenvalue weighted by molar-refractivity contribution is 9.10. The van der Waals surface area contributed by atoms with Gasteiger partial charge in [0.15, 0.2) is 4.77 Å². The molecule has 0 radical (unpaired) electrons. The van der Waals surface area contributed by atoms with E-state index in [2.05, 4.69) is 45.4 Å². The third kappa shape index (κ3) is 1.87. The molecule has 0 amide bonds. The number of H-pyrrole nitrogens is 1. The van der Waals surface area contributed by atoms with Crippen LogP contribution in [0.2, 0.25) is 0 Å². The van der Waals surface area contributed by atoms with Crippen molar-refractivity contribution in [1.82, 2.24) is 9.55 Å². The second-order valence-electron chi connectivity index (χ2n) is 3.66. The average molecular weight is 297 g/mol. The lowest BCUT2D eigenvalue weighted by Crippen LogP contribution is -2.01. The topological polar surface area (TPSA) is 20.7 Å². The Labute approximate surface area is 108 Å². The zero-order valence-corrected chi connectivity index (χ0v) is 11.7. The first-order chi connectivity index (χ1) is 7.65. The zero-order chi connectivity index (χ0) is 11.7. The molecule has 1 aromatic heterocycles. The van der Waals surface area contributed by atoms with Crippen molar-refractivity contribution in [2.45, 2.75) is 20.3 Å². The van der Waals surface area contributed by atoms with Crippen molar-refractivity contribution in [3.05, 3.63) is 44.9 Å². The van der Waals surface area contributed by atoms with Crippen LogP contribution in [0.25, 0.3) is 5.69 Å². The van der Waals surface area contributed by atoms with Crippen molar-refractivity contribution < 1.29 is 0 Å². The maximum Gasteiger partial charge on any atom is 0.182 e.